The average Bonchev–Trinajstić information content (AvgIpc) is 2.83. The molecule has 0 radical (unpaired) electrons. The van der Waals surface area contributed by atoms with Gasteiger partial charge in [-0.15, -0.1) is 0 Å². The van der Waals surface area contributed by atoms with Crippen molar-refractivity contribution in [1.29, 1.82) is 0 Å². The van der Waals surface area contributed by atoms with Crippen LogP contribution in [-0.2, 0) is 17.6 Å². The van der Waals surface area contributed by atoms with Crippen molar-refractivity contribution in [1.82, 2.24) is 15.3 Å². The van der Waals surface area contributed by atoms with Gasteiger partial charge in [-0.2, -0.15) is 0 Å². The van der Waals surface area contributed by atoms with E-state index in [4.69, 9.17) is 0 Å². The zero-order chi connectivity index (χ0) is 11.9. The number of carbonyl (C=O) groups is 1. The normalized spacial score (nSPS) is 10.1. The highest BCUT2D eigenvalue weighted by Gasteiger charge is 2.03. The van der Waals surface area contributed by atoms with Gasteiger partial charge in [0, 0.05) is 18.4 Å². The number of carbonyl (C=O) groups excluding carboxylic acids is 1. The zero-order valence-corrected chi connectivity index (χ0v) is 9.52. The summed E-state index contributed by atoms with van der Waals surface area (Å²) in [4.78, 5) is 18.3. The number of imidazole rings is 1. The minimum Gasteiger partial charge on any atom is -0.355 e. The number of nitrogens with one attached hydrogen (secondary N) is 2. The van der Waals surface area contributed by atoms with Crippen LogP contribution in [0.1, 0.15) is 11.3 Å². The lowest BCUT2D eigenvalue weighted by atomic mass is 10.1. The molecule has 2 aromatic rings. The Balaban J connectivity index is 1.70. The predicted molar refractivity (Wildman–Crippen MR) is 65.4 cm³/mol. The van der Waals surface area contributed by atoms with Crippen molar-refractivity contribution in [3.8, 4) is 0 Å². The topological polar surface area (TPSA) is 57.8 Å². The number of aromatic amines is 1. The number of amides is 1. The number of aromatic nitrogens is 2. The summed E-state index contributed by atoms with van der Waals surface area (Å²) in [5.41, 5.74) is 2.07. The molecule has 0 bridgehead atoms. The summed E-state index contributed by atoms with van der Waals surface area (Å²) < 4.78 is 0. The molecule has 1 aromatic heterocycles. The van der Waals surface area contributed by atoms with E-state index in [0.29, 0.717) is 13.0 Å². The van der Waals surface area contributed by atoms with Crippen LogP contribution in [0, 0.1) is 0 Å². The molecule has 0 saturated heterocycles. The number of hydrogen-bond acceptors (Lipinski definition) is 2. The van der Waals surface area contributed by atoms with Crippen molar-refractivity contribution < 1.29 is 4.79 Å². The van der Waals surface area contributed by atoms with E-state index >= 15 is 0 Å². The summed E-state index contributed by atoms with van der Waals surface area (Å²) in [7, 11) is 0. The highest BCUT2D eigenvalue weighted by molar-refractivity contribution is 5.77. The SMILES string of the molecule is O=C(Cc1cnc[nH]1)NCCc1ccccc1. The van der Waals surface area contributed by atoms with Gasteiger partial charge in [0.15, 0.2) is 0 Å². The molecule has 0 aliphatic rings. The fraction of sp³-hybridized carbons (Fsp3) is 0.231. The summed E-state index contributed by atoms with van der Waals surface area (Å²) in [6, 6.07) is 10.1. The molecule has 2 N–H and O–H groups in total. The van der Waals surface area contributed by atoms with Crippen molar-refractivity contribution in [2.75, 3.05) is 6.54 Å². The molecule has 0 aliphatic carbocycles. The first-order valence-corrected chi connectivity index (χ1v) is 5.62. The predicted octanol–water partition coefficient (Wildman–Crippen LogP) is 1.31. The summed E-state index contributed by atoms with van der Waals surface area (Å²) in [5.74, 6) is 0.0187. The van der Waals surface area contributed by atoms with Crippen molar-refractivity contribution >= 4 is 5.91 Å². The van der Waals surface area contributed by atoms with Gasteiger partial charge < -0.3 is 10.3 Å². The molecule has 4 nitrogen and oxygen atoms in total. The van der Waals surface area contributed by atoms with E-state index in [1.165, 1.54) is 5.56 Å². The van der Waals surface area contributed by atoms with E-state index < -0.39 is 0 Å². The number of benzene rings is 1. The van der Waals surface area contributed by atoms with Gasteiger partial charge in [-0.1, -0.05) is 30.3 Å². The van der Waals surface area contributed by atoms with Crippen LogP contribution in [0.4, 0.5) is 0 Å². The maximum absolute atomic E-state index is 11.5. The van der Waals surface area contributed by atoms with Gasteiger partial charge in [0.25, 0.3) is 0 Å². The Morgan fingerprint density at radius 3 is 2.82 bits per heavy atom. The average molecular weight is 229 g/mol. The van der Waals surface area contributed by atoms with Crippen molar-refractivity contribution in [2.24, 2.45) is 0 Å². The van der Waals surface area contributed by atoms with Crippen LogP contribution in [0.3, 0.4) is 0 Å². The molecule has 1 aromatic carbocycles. The van der Waals surface area contributed by atoms with Gasteiger partial charge in [-0.25, -0.2) is 4.98 Å². The van der Waals surface area contributed by atoms with E-state index in [1.54, 1.807) is 12.5 Å². The Morgan fingerprint density at radius 2 is 2.12 bits per heavy atom. The standard InChI is InChI=1S/C13H15N3O/c17-13(8-12-9-14-10-16-12)15-7-6-11-4-2-1-3-5-11/h1-5,9-10H,6-8H2,(H,14,16)(H,15,17). The Bertz CT molecular complexity index is 451. The summed E-state index contributed by atoms with van der Waals surface area (Å²) >= 11 is 0. The first-order valence-electron chi connectivity index (χ1n) is 5.62. The monoisotopic (exact) mass is 229 g/mol. The Hall–Kier alpha value is -2.10. The van der Waals surface area contributed by atoms with Crippen LogP contribution < -0.4 is 5.32 Å². The molecule has 1 amide bonds. The van der Waals surface area contributed by atoms with Crippen LogP contribution in [0.5, 0.6) is 0 Å². The van der Waals surface area contributed by atoms with Gasteiger partial charge in [0.1, 0.15) is 0 Å². The molecule has 4 heteroatoms. The second-order valence-electron chi connectivity index (χ2n) is 3.84. The minimum atomic E-state index is 0.0187. The van der Waals surface area contributed by atoms with Crippen LogP contribution in [0.25, 0.3) is 0 Å². The van der Waals surface area contributed by atoms with Gasteiger partial charge in [0.05, 0.1) is 12.7 Å². The third-order valence-corrected chi connectivity index (χ3v) is 2.48. The van der Waals surface area contributed by atoms with E-state index in [-0.39, 0.29) is 5.91 Å². The van der Waals surface area contributed by atoms with Gasteiger partial charge in [0.2, 0.25) is 5.91 Å². The smallest absolute Gasteiger partial charge is 0.226 e. The number of nitrogens with zero attached hydrogens (tertiary/aromatic N) is 1. The molecular weight excluding hydrogens is 214 g/mol. The fourth-order valence-electron chi connectivity index (χ4n) is 1.61. The Labute approximate surface area is 100 Å². The summed E-state index contributed by atoms with van der Waals surface area (Å²) in [6.07, 6.45) is 4.45. The molecule has 0 unspecified atom stereocenters. The number of H-pyrrole nitrogens is 1. The third kappa shape index (κ3) is 3.75. The Kier molecular flexibility index (Phi) is 3.91. The molecule has 88 valence electrons. The largest absolute Gasteiger partial charge is 0.355 e. The van der Waals surface area contributed by atoms with Crippen LogP contribution in [-0.4, -0.2) is 22.4 Å². The quantitative estimate of drug-likeness (QED) is 0.812. The molecule has 0 spiro atoms. The van der Waals surface area contributed by atoms with Crippen molar-refractivity contribution in [2.45, 2.75) is 12.8 Å². The molecule has 0 atom stereocenters. The maximum Gasteiger partial charge on any atom is 0.226 e. The molecule has 2 rings (SSSR count). The molecule has 0 fully saturated rings. The lowest BCUT2D eigenvalue weighted by Gasteiger charge is -2.04. The highest BCUT2D eigenvalue weighted by atomic mass is 16.1. The lowest BCUT2D eigenvalue weighted by molar-refractivity contribution is -0.120. The summed E-state index contributed by atoms with van der Waals surface area (Å²) in [6.45, 7) is 0.664. The van der Waals surface area contributed by atoms with E-state index in [2.05, 4.69) is 27.4 Å². The molecular formula is C13H15N3O. The highest BCUT2D eigenvalue weighted by Crippen LogP contribution is 1.98. The molecule has 0 aliphatic heterocycles. The molecule has 0 saturated carbocycles. The van der Waals surface area contributed by atoms with Crippen LogP contribution >= 0.6 is 0 Å². The first-order chi connectivity index (χ1) is 8.34. The zero-order valence-electron chi connectivity index (χ0n) is 9.52. The lowest BCUT2D eigenvalue weighted by Crippen LogP contribution is -2.27. The van der Waals surface area contributed by atoms with Gasteiger partial charge >= 0.3 is 0 Å². The van der Waals surface area contributed by atoms with Gasteiger partial charge in [-0.3, -0.25) is 4.79 Å². The van der Waals surface area contributed by atoms with Crippen LogP contribution in [0.2, 0.25) is 0 Å². The maximum atomic E-state index is 11.5. The van der Waals surface area contributed by atoms with Crippen molar-refractivity contribution in [3.63, 3.8) is 0 Å². The van der Waals surface area contributed by atoms with E-state index in [1.807, 2.05) is 18.2 Å². The summed E-state index contributed by atoms with van der Waals surface area (Å²) in [5, 5.41) is 2.88. The molecule has 1 heterocycles. The molecule has 17 heavy (non-hydrogen) atoms. The van der Waals surface area contributed by atoms with E-state index in [0.717, 1.165) is 12.1 Å². The second kappa shape index (κ2) is 5.84. The van der Waals surface area contributed by atoms with Crippen LogP contribution in [0.15, 0.2) is 42.9 Å². The fourth-order valence-corrected chi connectivity index (χ4v) is 1.61. The van der Waals surface area contributed by atoms with E-state index in [9.17, 15) is 4.79 Å². The van der Waals surface area contributed by atoms with Crippen molar-refractivity contribution in [3.05, 3.63) is 54.1 Å². The number of hydrogen-bond donors (Lipinski definition) is 2. The first kappa shape index (κ1) is 11.4. The number of rotatable bonds is 5. The minimum absolute atomic E-state index is 0.0187. The second-order valence-corrected chi connectivity index (χ2v) is 3.84. The van der Waals surface area contributed by atoms with Gasteiger partial charge in [-0.05, 0) is 12.0 Å². The third-order valence-electron chi connectivity index (χ3n) is 2.48. The Morgan fingerprint density at radius 1 is 1.29 bits per heavy atom.